The Hall–Kier alpha value is -2.47. The molecule has 36 heavy (non-hydrogen) atoms. The number of halogens is 3. The second kappa shape index (κ2) is 10.5. The third kappa shape index (κ3) is 6.44. The van der Waals surface area contributed by atoms with Crippen molar-refractivity contribution in [3.05, 3.63) is 53.3 Å². The van der Waals surface area contributed by atoms with Crippen molar-refractivity contribution in [2.75, 3.05) is 5.75 Å². The second-order valence-corrected chi connectivity index (χ2v) is 14.0. The number of benzene rings is 1. The van der Waals surface area contributed by atoms with Gasteiger partial charge in [0.2, 0.25) is 0 Å². The van der Waals surface area contributed by atoms with E-state index in [2.05, 4.69) is 10.3 Å². The van der Waals surface area contributed by atoms with Gasteiger partial charge in [0.05, 0.1) is 26.4 Å². The molecule has 1 heterocycles. The number of alkyl halides is 3. The van der Waals surface area contributed by atoms with Crippen LogP contribution in [0, 0.1) is 12.8 Å². The van der Waals surface area contributed by atoms with Gasteiger partial charge in [-0.3, -0.25) is 4.79 Å². The van der Waals surface area contributed by atoms with Gasteiger partial charge in [-0.15, -0.1) is 0 Å². The maximum Gasteiger partial charge on any atom is 0.417 e. The number of hydrogen-bond donors (Lipinski definition) is 1. The molecule has 198 valence electrons. The van der Waals surface area contributed by atoms with E-state index in [0.717, 1.165) is 5.56 Å². The fourth-order valence-electron chi connectivity index (χ4n) is 4.18. The van der Waals surface area contributed by atoms with E-state index in [0.29, 0.717) is 37.9 Å². The van der Waals surface area contributed by atoms with E-state index in [4.69, 9.17) is 0 Å². The van der Waals surface area contributed by atoms with E-state index < -0.39 is 53.2 Å². The van der Waals surface area contributed by atoms with Crippen LogP contribution < -0.4 is 5.32 Å². The van der Waals surface area contributed by atoms with Crippen molar-refractivity contribution in [2.45, 2.75) is 73.7 Å². The molecule has 0 radical (unpaired) electrons. The van der Waals surface area contributed by atoms with Gasteiger partial charge in [0.1, 0.15) is 5.69 Å². The first-order valence-electron chi connectivity index (χ1n) is 11.5. The molecule has 1 amide bonds. The van der Waals surface area contributed by atoms with Crippen molar-refractivity contribution in [1.82, 2.24) is 10.3 Å². The Morgan fingerprint density at radius 2 is 1.72 bits per heavy atom. The summed E-state index contributed by atoms with van der Waals surface area (Å²) in [6.07, 6.45) is -2.43. The Labute approximate surface area is 209 Å². The zero-order valence-corrected chi connectivity index (χ0v) is 21.8. The van der Waals surface area contributed by atoms with E-state index in [1.807, 2.05) is 13.0 Å². The van der Waals surface area contributed by atoms with Crippen LogP contribution in [0.1, 0.15) is 61.1 Å². The summed E-state index contributed by atoms with van der Waals surface area (Å²) in [4.78, 5) is 16.0. The normalized spacial score (nSPS) is 19.3. The number of amides is 1. The Morgan fingerprint density at radius 1 is 1.08 bits per heavy atom. The van der Waals surface area contributed by atoms with E-state index in [1.54, 1.807) is 18.2 Å². The number of nitrogens with zero attached hydrogens (tertiary/aromatic N) is 1. The molecule has 2 aromatic rings. The second-order valence-electron chi connectivity index (χ2n) is 9.45. The monoisotopic (exact) mass is 546 g/mol. The van der Waals surface area contributed by atoms with Gasteiger partial charge in [0.25, 0.3) is 5.91 Å². The lowest BCUT2D eigenvalue weighted by Crippen LogP contribution is -2.39. The van der Waals surface area contributed by atoms with Crippen molar-refractivity contribution >= 4 is 25.6 Å². The number of hydrogen-bond acceptors (Lipinski definition) is 6. The van der Waals surface area contributed by atoms with Crippen LogP contribution in [0.2, 0.25) is 0 Å². The number of carbonyl (C=O) groups is 1. The lowest BCUT2D eigenvalue weighted by atomic mass is 9.87. The minimum atomic E-state index is -4.82. The maximum absolute atomic E-state index is 13.2. The molecule has 0 aliphatic heterocycles. The predicted octanol–water partition coefficient (Wildman–Crippen LogP) is 4.35. The summed E-state index contributed by atoms with van der Waals surface area (Å²) in [5, 5.41) is 1.62. The highest BCUT2D eigenvalue weighted by Crippen LogP contribution is 2.32. The molecule has 1 aromatic carbocycles. The fourth-order valence-corrected chi connectivity index (χ4v) is 7.20. The molecule has 12 heteroatoms. The van der Waals surface area contributed by atoms with Gasteiger partial charge in [-0.1, -0.05) is 12.1 Å². The summed E-state index contributed by atoms with van der Waals surface area (Å²) < 4.78 is 90.4. The van der Waals surface area contributed by atoms with E-state index in [1.165, 1.54) is 13.8 Å². The van der Waals surface area contributed by atoms with Crippen LogP contribution in [0.4, 0.5) is 13.2 Å². The number of pyridine rings is 1. The zero-order chi connectivity index (χ0) is 26.9. The number of carbonyl (C=O) groups excluding carboxylic acids is 1. The maximum atomic E-state index is 13.2. The first-order chi connectivity index (χ1) is 16.6. The number of rotatable bonds is 7. The molecular formula is C24H29F3N2O5S2. The first kappa shape index (κ1) is 28.1. The highest BCUT2D eigenvalue weighted by molar-refractivity contribution is 7.92. The Kier molecular flexibility index (Phi) is 8.19. The number of aryl methyl sites for hydroxylation is 1. The van der Waals surface area contributed by atoms with Crippen molar-refractivity contribution < 1.29 is 34.8 Å². The van der Waals surface area contributed by atoms with Gasteiger partial charge < -0.3 is 5.32 Å². The van der Waals surface area contributed by atoms with Crippen molar-refractivity contribution in [2.24, 2.45) is 5.92 Å². The molecule has 0 unspecified atom stereocenters. The third-order valence-corrected chi connectivity index (χ3v) is 10.4. The van der Waals surface area contributed by atoms with Gasteiger partial charge in [-0.2, -0.15) is 13.2 Å². The summed E-state index contributed by atoms with van der Waals surface area (Å²) in [5.41, 5.74) is -0.993. The van der Waals surface area contributed by atoms with Gasteiger partial charge >= 0.3 is 6.18 Å². The third-order valence-electron chi connectivity index (χ3n) is 6.31. The molecule has 1 aliphatic rings. The van der Waals surface area contributed by atoms with Gasteiger partial charge in [-0.25, -0.2) is 21.8 Å². The predicted molar refractivity (Wildman–Crippen MR) is 128 cm³/mol. The number of aromatic nitrogens is 1. The van der Waals surface area contributed by atoms with Crippen LogP contribution in [-0.4, -0.2) is 44.8 Å². The van der Waals surface area contributed by atoms with Gasteiger partial charge in [-0.05, 0) is 76.1 Å². The fraction of sp³-hybridized carbons (Fsp3) is 0.500. The quantitative estimate of drug-likeness (QED) is 0.553. The summed E-state index contributed by atoms with van der Waals surface area (Å²) in [6, 6.07) is 6.77. The molecule has 1 saturated carbocycles. The first-order valence-corrected chi connectivity index (χ1v) is 14.7. The molecule has 3 rings (SSSR count). The van der Waals surface area contributed by atoms with Crippen LogP contribution in [0.25, 0.3) is 0 Å². The van der Waals surface area contributed by atoms with Gasteiger partial charge in [0, 0.05) is 12.2 Å². The van der Waals surface area contributed by atoms with E-state index in [9.17, 15) is 34.8 Å². The molecule has 1 aromatic heterocycles. The minimum absolute atomic E-state index is 0.0195. The molecule has 0 atom stereocenters. The van der Waals surface area contributed by atoms with Crippen LogP contribution in [0.15, 0.2) is 46.3 Å². The lowest BCUT2D eigenvalue weighted by molar-refractivity contribution is -0.138. The number of sulfone groups is 2. The molecule has 1 aliphatic carbocycles. The Morgan fingerprint density at radius 3 is 2.28 bits per heavy atom. The van der Waals surface area contributed by atoms with Crippen LogP contribution in [0.5, 0.6) is 0 Å². The summed E-state index contributed by atoms with van der Waals surface area (Å²) >= 11 is 0. The van der Waals surface area contributed by atoms with Gasteiger partial charge in [0.15, 0.2) is 19.7 Å². The molecule has 7 nitrogen and oxygen atoms in total. The highest BCUT2D eigenvalue weighted by atomic mass is 32.2. The average Bonchev–Trinajstić information content (AvgIpc) is 2.79. The largest absolute Gasteiger partial charge is 0.417 e. The molecule has 0 spiro atoms. The summed E-state index contributed by atoms with van der Waals surface area (Å²) in [7, 11) is -7.69. The highest BCUT2D eigenvalue weighted by Gasteiger charge is 2.36. The summed E-state index contributed by atoms with van der Waals surface area (Å²) in [5.74, 6) is -1.00. The topological polar surface area (TPSA) is 110 Å². The Bertz CT molecular complexity index is 1330. The zero-order valence-electron chi connectivity index (χ0n) is 20.2. The van der Waals surface area contributed by atoms with E-state index >= 15 is 0 Å². The van der Waals surface area contributed by atoms with Crippen LogP contribution in [-0.2, 0) is 25.9 Å². The smallest absolute Gasteiger partial charge is 0.348 e. The average molecular weight is 547 g/mol. The molecule has 1 fully saturated rings. The van der Waals surface area contributed by atoms with E-state index in [-0.39, 0.29) is 22.6 Å². The van der Waals surface area contributed by atoms with Crippen LogP contribution >= 0.6 is 0 Å². The lowest BCUT2D eigenvalue weighted by Gasteiger charge is -2.29. The molecule has 0 saturated heterocycles. The SMILES string of the molecule is Cc1cccc(S(=O)(=O)C[C@H]2CC[C@@H](NC(=O)c3ncc(C(F)(F)F)cc3S(=O)(=O)C(C)C)CC2)c1. The van der Waals surface area contributed by atoms with Crippen LogP contribution in [0.3, 0.4) is 0 Å². The molecule has 1 N–H and O–H groups in total. The number of nitrogens with one attached hydrogen (secondary N) is 1. The molecule has 0 bridgehead atoms. The summed E-state index contributed by atoms with van der Waals surface area (Å²) in [6.45, 7) is 4.43. The van der Waals surface area contributed by atoms with Crippen molar-refractivity contribution in [3.8, 4) is 0 Å². The minimum Gasteiger partial charge on any atom is -0.348 e. The van der Waals surface area contributed by atoms with Crippen molar-refractivity contribution in [1.29, 1.82) is 0 Å². The standard InChI is InChI=1S/C24H29F3N2O5S2/c1-15(2)36(33,34)21-12-18(24(25,26)27)13-28-22(21)23(30)29-19-9-7-17(8-10-19)14-35(31,32)20-6-4-5-16(3)11-20/h4-6,11-13,15,17,19H,7-10,14H2,1-3H3,(H,29,30)/t17-,19+. The Balaban J connectivity index is 1.71. The van der Waals surface area contributed by atoms with Crippen molar-refractivity contribution in [3.63, 3.8) is 0 Å². The molecular weight excluding hydrogens is 517 g/mol.